The van der Waals surface area contributed by atoms with Crippen LogP contribution in [0.4, 0.5) is 15.8 Å². The van der Waals surface area contributed by atoms with Gasteiger partial charge in [-0.05, 0) is 59.5 Å². The summed E-state index contributed by atoms with van der Waals surface area (Å²) in [5.74, 6) is -1.38. The van der Waals surface area contributed by atoms with E-state index in [1.807, 2.05) is 12.1 Å². The van der Waals surface area contributed by atoms with Crippen molar-refractivity contribution in [2.45, 2.75) is 31.1 Å². The number of nitrogens with one attached hydrogen (secondary N) is 1. The van der Waals surface area contributed by atoms with E-state index in [0.717, 1.165) is 34.1 Å². The Bertz CT molecular complexity index is 1580. The quantitative estimate of drug-likeness (QED) is 0.268. The van der Waals surface area contributed by atoms with Gasteiger partial charge in [-0.25, -0.2) is 12.8 Å². The summed E-state index contributed by atoms with van der Waals surface area (Å²) < 4.78 is 41.2. The van der Waals surface area contributed by atoms with Crippen molar-refractivity contribution in [3.8, 4) is 0 Å². The fourth-order valence-corrected chi connectivity index (χ4v) is 5.42. The first-order chi connectivity index (χ1) is 18.4. The molecule has 39 heavy (non-hydrogen) atoms. The molecule has 0 aliphatic heterocycles. The number of halogens is 1. The summed E-state index contributed by atoms with van der Waals surface area (Å²) in [6.45, 7) is 5.76. The number of sulfonamides is 1. The molecular formula is C31H29FN2O4S. The number of rotatable bonds is 8. The van der Waals surface area contributed by atoms with Crippen LogP contribution in [0.2, 0.25) is 0 Å². The van der Waals surface area contributed by atoms with Gasteiger partial charge in [-0.1, -0.05) is 75.4 Å². The first-order valence-electron chi connectivity index (χ1n) is 12.3. The standard InChI is InChI=1S/C31H29FN2O4S/c1-31(2,3)24-14-12-22(13-15-24)30(36)23-8-7-9-26(20-23)33-29(35)21-34(27-10-5-4-6-11-27)39(37,38)28-18-16-25(32)17-19-28/h4-20H,21H2,1-3H3,(H,33,35). The predicted octanol–water partition coefficient (Wildman–Crippen LogP) is 6.19. The molecule has 0 aromatic heterocycles. The second-order valence-corrected chi connectivity index (χ2v) is 11.9. The van der Waals surface area contributed by atoms with Gasteiger partial charge in [0.05, 0.1) is 10.6 Å². The van der Waals surface area contributed by atoms with Crippen LogP contribution in [0.5, 0.6) is 0 Å². The van der Waals surface area contributed by atoms with Crippen LogP contribution in [0.25, 0.3) is 0 Å². The summed E-state index contributed by atoms with van der Waals surface area (Å²) in [6.07, 6.45) is 0. The van der Waals surface area contributed by atoms with Crippen LogP contribution in [0.3, 0.4) is 0 Å². The summed E-state index contributed by atoms with van der Waals surface area (Å²) in [7, 11) is -4.18. The molecule has 0 bridgehead atoms. The van der Waals surface area contributed by atoms with Gasteiger partial charge in [-0.15, -0.1) is 0 Å². The SMILES string of the molecule is CC(C)(C)c1ccc(C(=O)c2cccc(NC(=O)CN(c3ccccc3)S(=O)(=O)c3ccc(F)cc3)c2)cc1. The zero-order chi connectivity index (χ0) is 28.2. The second kappa shape index (κ2) is 11.2. The Kier molecular flexibility index (Phi) is 7.97. The van der Waals surface area contributed by atoms with Gasteiger partial charge in [0.15, 0.2) is 5.78 Å². The van der Waals surface area contributed by atoms with Gasteiger partial charge < -0.3 is 5.32 Å². The summed E-state index contributed by atoms with van der Waals surface area (Å²) in [5, 5.41) is 2.69. The maximum atomic E-state index is 13.4. The molecule has 0 saturated heterocycles. The Morgan fingerprint density at radius 2 is 1.44 bits per heavy atom. The first kappa shape index (κ1) is 27.7. The molecule has 8 heteroatoms. The molecule has 4 rings (SSSR count). The molecule has 0 aliphatic carbocycles. The van der Waals surface area contributed by atoms with E-state index in [-0.39, 0.29) is 21.8 Å². The highest BCUT2D eigenvalue weighted by Gasteiger charge is 2.27. The van der Waals surface area contributed by atoms with Crippen molar-refractivity contribution < 1.29 is 22.4 Å². The fraction of sp³-hybridized carbons (Fsp3) is 0.161. The van der Waals surface area contributed by atoms with Crippen LogP contribution in [-0.2, 0) is 20.2 Å². The lowest BCUT2D eigenvalue weighted by Gasteiger charge is -2.24. The molecule has 0 saturated carbocycles. The van der Waals surface area contributed by atoms with Gasteiger partial charge >= 0.3 is 0 Å². The number of ketones is 1. The number of anilines is 2. The van der Waals surface area contributed by atoms with E-state index in [9.17, 15) is 22.4 Å². The van der Waals surface area contributed by atoms with Gasteiger partial charge in [0.2, 0.25) is 5.91 Å². The first-order valence-corrected chi connectivity index (χ1v) is 13.8. The van der Waals surface area contributed by atoms with Crippen molar-refractivity contribution in [3.63, 3.8) is 0 Å². The second-order valence-electron chi connectivity index (χ2n) is 10.1. The van der Waals surface area contributed by atoms with E-state index < -0.39 is 28.3 Å². The third kappa shape index (κ3) is 6.59. The van der Waals surface area contributed by atoms with E-state index in [1.54, 1.807) is 66.7 Å². The molecule has 4 aromatic carbocycles. The smallest absolute Gasteiger partial charge is 0.264 e. The van der Waals surface area contributed by atoms with Crippen molar-refractivity contribution in [2.75, 3.05) is 16.2 Å². The lowest BCUT2D eigenvalue weighted by molar-refractivity contribution is -0.114. The molecule has 0 spiro atoms. The predicted molar refractivity (Wildman–Crippen MR) is 151 cm³/mol. The van der Waals surface area contributed by atoms with Crippen LogP contribution in [-0.4, -0.2) is 26.7 Å². The normalized spacial score (nSPS) is 11.6. The van der Waals surface area contributed by atoms with E-state index in [2.05, 4.69) is 26.1 Å². The van der Waals surface area contributed by atoms with E-state index in [1.165, 1.54) is 0 Å². The number of amides is 1. The van der Waals surface area contributed by atoms with Gasteiger partial charge in [-0.2, -0.15) is 0 Å². The number of hydrogen-bond donors (Lipinski definition) is 1. The van der Waals surface area contributed by atoms with Crippen LogP contribution >= 0.6 is 0 Å². The molecule has 200 valence electrons. The van der Waals surface area contributed by atoms with E-state index in [4.69, 9.17) is 0 Å². The number of para-hydroxylation sites is 1. The number of carbonyl (C=O) groups excluding carboxylic acids is 2. The number of hydrogen-bond acceptors (Lipinski definition) is 4. The molecule has 0 radical (unpaired) electrons. The number of carbonyl (C=O) groups is 2. The molecule has 6 nitrogen and oxygen atoms in total. The lowest BCUT2D eigenvalue weighted by atomic mass is 9.86. The highest BCUT2D eigenvalue weighted by Crippen LogP contribution is 2.25. The van der Waals surface area contributed by atoms with Crippen LogP contribution < -0.4 is 9.62 Å². The summed E-state index contributed by atoms with van der Waals surface area (Å²) in [5.41, 5.74) is 2.61. The minimum absolute atomic E-state index is 0.0381. The molecule has 0 fully saturated rings. The average Bonchev–Trinajstić information content (AvgIpc) is 2.91. The minimum Gasteiger partial charge on any atom is -0.324 e. The monoisotopic (exact) mass is 544 g/mol. The Labute approximate surface area is 228 Å². The van der Waals surface area contributed by atoms with Crippen molar-refractivity contribution in [2.24, 2.45) is 0 Å². The zero-order valence-corrected chi connectivity index (χ0v) is 22.7. The Balaban J connectivity index is 1.55. The highest BCUT2D eigenvalue weighted by atomic mass is 32.2. The molecule has 1 amide bonds. The van der Waals surface area contributed by atoms with Crippen molar-refractivity contribution in [1.82, 2.24) is 0 Å². The highest BCUT2D eigenvalue weighted by molar-refractivity contribution is 7.92. The van der Waals surface area contributed by atoms with Gasteiger partial charge in [0, 0.05) is 16.8 Å². The van der Waals surface area contributed by atoms with Crippen LogP contribution in [0, 0.1) is 5.82 Å². The maximum Gasteiger partial charge on any atom is 0.264 e. The Hall–Kier alpha value is -4.30. The molecular weight excluding hydrogens is 515 g/mol. The third-order valence-corrected chi connectivity index (χ3v) is 7.94. The van der Waals surface area contributed by atoms with Crippen molar-refractivity contribution in [1.29, 1.82) is 0 Å². The number of nitrogens with zero attached hydrogens (tertiary/aromatic N) is 1. The molecule has 0 atom stereocenters. The topological polar surface area (TPSA) is 83.6 Å². The summed E-state index contributed by atoms with van der Waals surface area (Å²) in [4.78, 5) is 26.0. The molecule has 0 unspecified atom stereocenters. The number of benzene rings is 4. The average molecular weight is 545 g/mol. The van der Waals surface area contributed by atoms with Crippen LogP contribution in [0.15, 0.2) is 108 Å². The lowest BCUT2D eigenvalue weighted by Crippen LogP contribution is -2.38. The van der Waals surface area contributed by atoms with Gasteiger partial charge in [-0.3, -0.25) is 13.9 Å². The van der Waals surface area contributed by atoms with E-state index >= 15 is 0 Å². The largest absolute Gasteiger partial charge is 0.324 e. The summed E-state index contributed by atoms with van der Waals surface area (Å²) in [6, 6.07) is 26.5. The Morgan fingerprint density at radius 3 is 2.05 bits per heavy atom. The van der Waals surface area contributed by atoms with Gasteiger partial charge in [0.1, 0.15) is 12.4 Å². The fourth-order valence-electron chi connectivity index (χ4n) is 4.00. The summed E-state index contributed by atoms with van der Waals surface area (Å²) >= 11 is 0. The van der Waals surface area contributed by atoms with E-state index in [0.29, 0.717) is 16.8 Å². The van der Waals surface area contributed by atoms with Crippen LogP contribution in [0.1, 0.15) is 42.3 Å². The van der Waals surface area contributed by atoms with Crippen molar-refractivity contribution in [3.05, 3.63) is 126 Å². The molecule has 1 N–H and O–H groups in total. The van der Waals surface area contributed by atoms with Crippen molar-refractivity contribution >= 4 is 33.1 Å². The van der Waals surface area contributed by atoms with Gasteiger partial charge in [0.25, 0.3) is 10.0 Å². The third-order valence-electron chi connectivity index (χ3n) is 6.15. The maximum absolute atomic E-state index is 13.4. The molecule has 0 heterocycles. The minimum atomic E-state index is -4.18. The Morgan fingerprint density at radius 1 is 0.795 bits per heavy atom. The molecule has 4 aromatic rings. The zero-order valence-electron chi connectivity index (χ0n) is 21.9. The molecule has 0 aliphatic rings.